The van der Waals surface area contributed by atoms with Crippen LogP contribution in [-0.2, 0) is 19.5 Å². The Bertz CT molecular complexity index is 833. The minimum absolute atomic E-state index is 0. The van der Waals surface area contributed by atoms with Crippen molar-refractivity contribution in [2.24, 2.45) is 4.99 Å². The van der Waals surface area contributed by atoms with E-state index in [1.807, 2.05) is 18.7 Å². The van der Waals surface area contributed by atoms with Crippen molar-refractivity contribution in [1.82, 2.24) is 25.4 Å². The highest BCUT2D eigenvalue weighted by Crippen LogP contribution is 2.17. The van der Waals surface area contributed by atoms with E-state index in [2.05, 4.69) is 67.0 Å². The Morgan fingerprint density at radius 3 is 2.68 bits per heavy atom. The first-order valence-corrected chi connectivity index (χ1v) is 9.57. The number of anilines is 1. The summed E-state index contributed by atoms with van der Waals surface area (Å²) in [6, 6.07) is 9.05. The lowest BCUT2D eigenvalue weighted by Gasteiger charge is -2.25. The fraction of sp³-hybridized carbons (Fsp3) is 0.450. The van der Waals surface area contributed by atoms with Gasteiger partial charge >= 0.3 is 0 Å². The van der Waals surface area contributed by atoms with Crippen molar-refractivity contribution >= 4 is 35.6 Å². The first-order valence-electron chi connectivity index (χ1n) is 9.57. The van der Waals surface area contributed by atoms with Gasteiger partial charge in [0.25, 0.3) is 0 Å². The van der Waals surface area contributed by atoms with Gasteiger partial charge in [0.2, 0.25) is 0 Å². The highest BCUT2D eigenvalue weighted by molar-refractivity contribution is 14.0. The Kier molecular flexibility index (Phi) is 6.93. The van der Waals surface area contributed by atoms with Gasteiger partial charge in [-0.05, 0) is 31.0 Å². The van der Waals surface area contributed by atoms with Gasteiger partial charge in [0.05, 0.1) is 6.54 Å². The topological polar surface area (TPSA) is 70.4 Å². The highest BCUT2D eigenvalue weighted by atomic mass is 127. The Hall–Kier alpha value is -2.10. The van der Waals surface area contributed by atoms with E-state index < -0.39 is 0 Å². The molecule has 0 fully saturated rings. The first-order chi connectivity index (χ1) is 13.2. The van der Waals surface area contributed by atoms with Crippen LogP contribution in [0.1, 0.15) is 23.6 Å². The maximum atomic E-state index is 4.47. The molecule has 2 aliphatic heterocycles. The summed E-state index contributed by atoms with van der Waals surface area (Å²) in [7, 11) is 1.81. The molecule has 0 spiro atoms. The number of rotatable bonds is 4. The number of guanidine groups is 1. The summed E-state index contributed by atoms with van der Waals surface area (Å²) in [5.74, 6) is 2.76. The van der Waals surface area contributed by atoms with Crippen LogP contribution in [0.3, 0.4) is 0 Å². The van der Waals surface area contributed by atoms with E-state index in [0.29, 0.717) is 6.04 Å². The van der Waals surface area contributed by atoms with E-state index >= 15 is 0 Å². The van der Waals surface area contributed by atoms with E-state index in [1.165, 1.54) is 11.3 Å². The lowest BCUT2D eigenvalue weighted by Crippen LogP contribution is -2.46. The van der Waals surface area contributed by atoms with E-state index in [9.17, 15) is 0 Å². The second-order valence-electron chi connectivity index (χ2n) is 7.11. The fourth-order valence-electron chi connectivity index (χ4n) is 3.64. The maximum Gasteiger partial charge on any atom is 0.191 e. The van der Waals surface area contributed by atoms with Crippen molar-refractivity contribution in [3.8, 4) is 0 Å². The number of fused-ring (bicyclic) bond motifs is 1. The minimum Gasteiger partial charge on any atom is -0.364 e. The second-order valence-corrected chi connectivity index (χ2v) is 7.11. The van der Waals surface area contributed by atoms with Gasteiger partial charge < -0.3 is 15.5 Å². The molecule has 2 aliphatic rings. The number of benzene rings is 1. The van der Waals surface area contributed by atoms with Gasteiger partial charge in [-0.3, -0.25) is 4.99 Å². The minimum atomic E-state index is 0. The third kappa shape index (κ3) is 4.84. The van der Waals surface area contributed by atoms with Crippen LogP contribution in [0.2, 0.25) is 0 Å². The normalized spacial score (nSPS) is 18.6. The molecule has 0 amide bonds. The number of hydrogen-bond acceptors (Lipinski definition) is 4. The molecule has 1 aromatic carbocycles. The van der Waals surface area contributed by atoms with Crippen LogP contribution >= 0.6 is 24.0 Å². The molecule has 0 saturated heterocycles. The average Bonchev–Trinajstić information content (AvgIpc) is 3.34. The molecule has 3 heterocycles. The summed E-state index contributed by atoms with van der Waals surface area (Å²) in [4.78, 5) is 11.2. The van der Waals surface area contributed by atoms with Gasteiger partial charge in [-0.2, -0.15) is 5.10 Å². The largest absolute Gasteiger partial charge is 0.364 e. The molecular formula is C20H28IN7. The Morgan fingerprint density at radius 2 is 1.96 bits per heavy atom. The zero-order valence-corrected chi connectivity index (χ0v) is 18.8. The summed E-state index contributed by atoms with van der Waals surface area (Å²) in [6.45, 7) is 5.53. The first kappa shape index (κ1) is 20.6. The summed E-state index contributed by atoms with van der Waals surface area (Å²) in [6.07, 6.45) is 6.40. The van der Waals surface area contributed by atoms with Gasteiger partial charge in [0, 0.05) is 44.8 Å². The van der Waals surface area contributed by atoms with Crippen molar-refractivity contribution in [3.63, 3.8) is 0 Å². The van der Waals surface area contributed by atoms with Crippen molar-refractivity contribution in [3.05, 3.63) is 53.6 Å². The predicted molar refractivity (Wildman–Crippen MR) is 123 cm³/mol. The summed E-state index contributed by atoms with van der Waals surface area (Å²) in [5.41, 5.74) is 2.51. The van der Waals surface area contributed by atoms with Crippen LogP contribution in [0.25, 0.3) is 0 Å². The molecule has 1 aromatic heterocycles. The molecule has 7 nitrogen and oxygen atoms in total. The van der Waals surface area contributed by atoms with Gasteiger partial charge in [-0.15, -0.1) is 24.0 Å². The highest BCUT2D eigenvalue weighted by Gasteiger charge is 2.21. The number of aromatic nitrogens is 3. The standard InChI is InChI=1S/C20H27N7.HI/c1-15-23-19-10-7-17(14-27(19)25-15)24-20(21-2)22-13-16-5-8-18(9-6-16)26-11-3-4-12-26;/h3-6,8-9,17H,7,10-14H2,1-2H3,(H2,21,22,24);1H. The van der Waals surface area contributed by atoms with E-state index in [4.69, 9.17) is 0 Å². The molecule has 28 heavy (non-hydrogen) atoms. The molecule has 1 atom stereocenters. The Balaban J connectivity index is 0.00000225. The van der Waals surface area contributed by atoms with E-state index in [0.717, 1.165) is 56.6 Å². The Labute approximate surface area is 183 Å². The quantitative estimate of drug-likeness (QED) is 0.296. The van der Waals surface area contributed by atoms with Crippen LogP contribution in [0.5, 0.6) is 0 Å². The maximum absolute atomic E-state index is 4.47. The van der Waals surface area contributed by atoms with Crippen LogP contribution in [0.15, 0.2) is 41.4 Å². The zero-order chi connectivity index (χ0) is 18.6. The molecule has 2 aromatic rings. The molecule has 0 aliphatic carbocycles. The lowest BCUT2D eigenvalue weighted by molar-refractivity contribution is 0.392. The average molecular weight is 493 g/mol. The van der Waals surface area contributed by atoms with Gasteiger partial charge in [0.15, 0.2) is 5.96 Å². The van der Waals surface area contributed by atoms with Crippen LogP contribution in [0, 0.1) is 6.92 Å². The smallest absolute Gasteiger partial charge is 0.191 e. The molecule has 0 radical (unpaired) electrons. The molecular weight excluding hydrogens is 465 g/mol. The molecule has 8 heteroatoms. The number of nitrogens with zero attached hydrogens (tertiary/aromatic N) is 5. The van der Waals surface area contributed by atoms with Crippen molar-refractivity contribution < 1.29 is 0 Å². The number of aryl methyl sites for hydroxylation is 2. The number of aliphatic imine (C=N–C) groups is 1. The van der Waals surface area contributed by atoms with Crippen molar-refractivity contribution in [1.29, 1.82) is 0 Å². The summed E-state index contributed by atoms with van der Waals surface area (Å²) < 4.78 is 2.01. The summed E-state index contributed by atoms with van der Waals surface area (Å²) >= 11 is 0. The summed E-state index contributed by atoms with van der Waals surface area (Å²) in [5, 5.41) is 11.4. The van der Waals surface area contributed by atoms with Gasteiger partial charge in [-0.1, -0.05) is 24.3 Å². The molecule has 150 valence electrons. The monoisotopic (exact) mass is 493 g/mol. The molecule has 0 saturated carbocycles. The zero-order valence-electron chi connectivity index (χ0n) is 16.4. The number of nitrogens with one attached hydrogen (secondary N) is 2. The molecule has 0 bridgehead atoms. The number of hydrogen-bond donors (Lipinski definition) is 2. The van der Waals surface area contributed by atoms with Crippen molar-refractivity contribution in [2.75, 3.05) is 25.0 Å². The van der Waals surface area contributed by atoms with E-state index in [1.54, 1.807) is 0 Å². The second kappa shape index (κ2) is 9.40. The van der Waals surface area contributed by atoms with Gasteiger partial charge in [0.1, 0.15) is 11.6 Å². The lowest BCUT2D eigenvalue weighted by atomic mass is 10.1. The van der Waals surface area contributed by atoms with E-state index in [-0.39, 0.29) is 24.0 Å². The molecule has 1 unspecified atom stereocenters. The van der Waals surface area contributed by atoms with Gasteiger partial charge in [-0.25, -0.2) is 9.67 Å². The third-order valence-corrected chi connectivity index (χ3v) is 5.11. The fourth-order valence-corrected chi connectivity index (χ4v) is 3.64. The number of halogens is 1. The SMILES string of the molecule is CN=C(NCc1ccc(N2CC=CC2)cc1)NC1CCc2nc(C)nn2C1.I. The Morgan fingerprint density at radius 1 is 1.21 bits per heavy atom. The predicted octanol–water partition coefficient (Wildman–Crippen LogP) is 2.26. The molecule has 4 rings (SSSR count). The van der Waals surface area contributed by atoms with Crippen LogP contribution in [0.4, 0.5) is 5.69 Å². The third-order valence-electron chi connectivity index (χ3n) is 5.11. The molecule has 2 N–H and O–H groups in total. The van der Waals surface area contributed by atoms with Crippen LogP contribution in [-0.4, -0.2) is 46.9 Å². The van der Waals surface area contributed by atoms with Crippen LogP contribution < -0.4 is 15.5 Å². The van der Waals surface area contributed by atoms with Crippen molar-refractivity contribution in [2.45, 2.75) is 38.9 Å².